The fourth-order valence-corrected chi connectivity index (χ4v) is 2.45. The molecule has 0 saturated carbocycles. The zero-order valence-corrected chi connectivity index (χ0v) is 11.1. The van der Waals surface area contributed by atoms with Crippen LogP contribution in [-0.2, 0) is 6.42 Å². The number of aliphatic hydroxyl groups is 1. The van der Waals surface area contributed by atoms with Gasteiger partial charge in [0, 0.05) is 18.0 Å². The lowest BCUT2D eigenvalue weighted by atomic mass is 10.1. The zero-order valence-electron chi connectivity index (χ0n) is 10.3. The number of benzene rings is 1. The Morgan fingerprint density at radius 2 is 2.05 bits per heavy atom. The van der Waals surface area contributed by atoms with Crippen molar-refractivity contribution in [3.8, 4) is 0 Å². The summed E-state index contributed by atoms with van der Waals surface area (Å²) < 4.78 is 25.8. The van der Waals surface area contributed by atoms with Gasteiger partial charge in [0.05, 0.1) is 6.10 Å². The molecule has 0 spiro atoms. The van der Waals surface area contributed by atoms with Crippen molar-refractivity contribution in [3.63, 3.8) is 0 Å². The van der Waals surface area contributed by atoms with Gasteiger partial charge in [-0.15, -0.1) is 11.3 Å². The first-order valence-corrected chi connectivity index (χ1v) is 6.91. The molecule has 2 rings (SSSR count). The lowest BCUT2D eigenvalue weighted by molar-refractivity contribution is 0.174. The number of rotatable bonds is 6. The second kappa shape index (κ2) is 6.75. The van der Waals surface area contributed by atoms with Crippen LogP contribution in [0.25, 0.3) is 0 Å². The molecule has 102 valence electrons. The van der Waals surface area contributed by atoms with E-state index in [0.717, 1.165) is 25.1 Å². The SMILES string of the molecule is OC(CNCCc1cccs1)c1ccc(F)c(F)c1. The molecule has 0 aliphatic heterocycles. The predicted molar refractivity (Wildman–Crippen MR) is 72.2 cm³/mol. The summed E-state index contributed by atoms with van der Waals surface area (Å²) >= 11 is 1.69. The first-order valence-electron chi connectivity index (χ1n) is 6.03. The molecule has 2 N–H and O–H groups in total. The molecule has 0 saturated heterocycles. The Kier molecular flexibility index (Phi) is 5.01. The fourth-order valence-electron chi connectivity index (χ4n) is 1.74. The molecule has 0 aliphatic rings. The van der Waals surface area contributed by atoms with E-state index in [2.05, 4.69) is 11.4 Å². The van der Waals surface area contributed by atoms with E-state index in [0.29, 0.717) is 12.1 Å². The highest BCUT2D eigenvalue weighted by Crippen LogP contribution is 2.15. The smallest absolute Gasteiger partial charge is 0.159 e. The lowest BCUT2D eigenvalue weighted by Crippen LogP contribution is -2.23. The Morgan fingerprint density at radius 1 is 1.21 bits per heavy atom. The van der Waals surface area contributed by atoms with Gasteiger partial charge < -0.3 is 10.4 Å². The fraction of sp³-hybridized carbons (Fsp3) is 0.286. The van der Waals surface area contributed by atoms with Crippen molar-refractivity contribution in [2.45, 2.75) is 12.5 Å². The molecule has 0 aliphatic carbocycles. The van der Waals surface area contributed by atoms with Crippen LogP contribution in [0.3, 0.4) is 0 Å². The van der Waals surface area contributed by atoms with Crippen LogP contribution in [0.1, 0.15) is 16.5 Å². The summed E-state index contributed by atoms with van der Waals surface area (Å²) in [6, 6.07) is 7.50. The molecule has 1 heterocycles. The molecular weight excluding hydrogens is 268 g/mol. The van der Waals surface area contributed by atoms with Crippen molar-refractivity contribution >= 4 is 11.3 Å². The van der Waals surface area contributed by atoms with E-state index < -0.39 is 17.7 Å². The van der Waals surface area contributed by atoms with Gasteiger partial charge in [0.1, 0.15) is 0 Å². The highest BCUT2D eigenvalue weighted by atomic mass is 32.1. The average molecular weight is 283 g/mol. The van der Waals surface area contributed by atoms with Gasteiger partial charge in [0.15, 0.2) is 11.6 Å². The Morgan fingerprint density at radius 3 is 2.74 bits per heavy atom. The van der Waals surface area contributed by atoms with Gasteiger partial charge in [-0.2, -0.15) is 0 Å². The summed E-state index contributed by atoms with van der Waals surface area (Å²) in [6.07, 6.45) is 0.0563. The summed E-state index contributed by atoms with van der Waals surface area (Å²) in [7, 11) is 0. The van der Waals surface area contributed by atoms with E-state index in [-0.39, 0.29) is 0 Å². The number of hydrogen-bond acceptors (Lipinski definition) is 3. The van der Waals surface area contributed by atoms with Gasteiger partial charge in [-0.05, 0) is 35.6 Å². The highest BCUT2D eigenvalue weighted by Gasteiger charge is 2.10. The van der Waals surface area contributed by atoms with Crippen LogP contribution < -0.4 is 5.32 Å². The third-order valence-electron chi connectivity index (χ3n) is 2.79. The topological polar surface area (TPSA) is 32.3 Å². The molecule has 1 aromatic heterocycles. The monoisotopic (exact) mass is 283 g/mol. The van der Waals surface area contributed by atoms with Gasteiger partial charge in [-0.3, -0.25) is 0 Å². The van der Waals surface area contributed by atoms with Crippen molar-refractivity contribution < 1.29 is 13.9 Å². The molecule has 1 atom stereocenters. The van der Waals surface area contributed by atoms with E-state index in [1.165, 1.54) is 10.9 Å². The summed E-state index contributed by atoms with van der Waals surface area (Å²) in [4.78, 5) is 1.27. The number of halogens is 2. The first kappa shape index (κ1) is 14.1. The molecule has 2 aromatic rings. The summed E-state index contributed by atoms with van der Waals surface area (Å²) in [6.45, 7) is 1.05. The van der Waals surface area contributed by atoms with Crippen molar-refractivity contribution in [3.05, 3.63) is 57.8 Å². The van der Waals surface area contributed by atoms with Crippen LogP contribution in [-0.4, -0.2) is 18.2 Å². The number of thiophene rings is 1. The van der Waals surface area contributed by atoms with Crippen molar-refractivity contribution in [2.75, 3.05) is 13.1 Å². The number of nitrogens with one attached hydrogen (secondary N) is 1. The molecule has 0 radical (unpaired) electrons. The van der Waals surface area contributed by atoms with Gasteiger partial charge >= 0.3 is 0 Å². The molecule has 0 amide bonds. The summed E-state index contributed by atoms with van der Waals surface area (Å²) in [5, 5.41) is 15.0. The van der Waals surface area contributed by atoms with E-state index in [9.17, 15) is 13.9 Å². The van der Waals surface area contributed by atoms with E-state index in [1.54, 1.807) is 11.3 Å². The number of hydrogen-bond donors (Lipinski definition) is 2. The normalized spacial score (nSPS) is 12.6. The minimum atomic E-state index is -0.935. The zero-order chi connectivity index (χ0) is 13.7. The second-order valence-electron chi connectivity index (χ2n) is 4.22. The van der Waals surface area contributed by atoms with Crippen LogP contribution in [0.2, 0.25) is 0 Å². The van der Waals surface area contributed by atoms with Crippen LogP contribution in [0.15, 0.2) is 35.7 Å². The standard InChI is InChI=1S/C14H15F2NOS/c15-12-4-3-10(8-13(12)16)14(18)9-17-6-5-11-2-1-7-19-11/h1-4,7-8,14,17-18H,5-6,9H2. The largest absolute Gasteiger partial charge is 0.387 e. The van der Waals surface area contributed by atoms with Crippen LogP contribution in [0.5, 0.6) is 0 Å². The first-order chi connectivity index (χ1) is 9.16. The van der Waals surface area contributed by atoms with Crippen molar-refractivity contribution in [2.24, 2.45) is 0 Å². The maximum atomic E-state index is 13.0. The lowest BCUT2D eigenvalue weighted by Gasteiger charge is -2.12. The minimum Gasteiger partial charge on any atom is -0.387 e. The minimum absolute atomic E-state index is 0.316. The summed E-state index contributed by atoms with van der Waals surface area (Å²) in [5.74, 6) is -1.84. The second-order valence-corrected chi connectivity index (χ2v) is 5.26. The van der Waals surface area contributed by atoms with Crippen molar-refractivity contribution in [1.29, 1.82) is 0 Å². The van der Waals surface area contributed by atoms with Crippen LogP contribution >= 0.6 is 11.3 Å². The van der Waals surface area contributed by atoms with Gasteiger partial charge in [-0.25, -0.2) is 8.78 Å². The van der Waals surface area contributed by atoms with E-state index in [1.807, 2.05) is 11.4 Å². The molecule has 0 bridgehead atoms. The van der Waals surface area contributed by atoms with E-state index >= 15 is 0 Å². The van der Waals surface area contributed by atoms with E-state index in [4.69, 9.17) is 0 Å². The Labute approximate surface area is 114 Å². The van der Waals surface area contributed by atoms with Gasteiger partial charge in [-0.1, -0.05) is 12.1 Å². The molecule has 5 heteroatoms. The Bertz CT molecular complexity index is 516. The quantitative estimate of drug-likeness (QED) is 0.799. The highest BCUT2D eigenvalue weighted by molar-refractivity contribution is 7.09. The van der Waals surface area contributed by atoms with Crippen LogP contribution in [0, 0.1) is 11.6 Å². The van der Waals surface area contributed by atoms with Gasteiger partial charge in [0.2, 0.25) is 0 Å². The molecule has 2 nitrogen and oxygen atoms in total. The molecule has 0 fully saturated rings. The number of aliphatic hydroxyl groups excluding tert-OH is 1. The molecule has 19 heavy (non-hydrogen) atoms. The average Bonchev–Trinajstić information content (AvgIpc) is 2.91. The van der Waals surface area contributed by atoms with Crippen molar-refractivity contribution in [1.82, 2.24) is 5.32 Å². The maximum Gasteiger partial charge on any atom is 0.159 e. The molecule has 1 aromatic carbocycles. The molecular formula is C14H15F2NOS. The van der Waals surface area contributed by atoms with Gasteiger partial charge in [0.25, 0.3) is 0 Å². The Hall–Kier alpha value is -1.30. The Balaban J connectivity index is 1.77. The third kappa shape index (κ3) is 4.09. The maximum absolute atomic E-state index is 13.0. The summed E-state index contributed by atoms with van der Waals surface area (Å²) in [5.41, 5.74) is 0.377. The molecule has 1 unspecified atom stereocenters. The van der Waals surface area contributed by atoms with Crippen LogP contribution in [0.4, 0.5) is 8.78 Å². The predicted octanol–water partition coefficient (Wildman–Crippen LogP) is 2.89. The third-order valence-corrected chi connectivity index (χ3v) is 3.73.